The Kier molecular flexibility index (Phi) is 1.50. The van der Waals surface area contributed by atoms with Gasteiger partial charge in [0, 0.05) is 12.0 Å². The SMILES string of the molecule is Nc1cnc2nc(C3CCC3)oc2c1. The summed E-state index contributed by atoms with van der Waals surface area (Å²) < 4.78 is 5.60. The van der Waals surface area contributed by atoms with Gasteiger partial charge in [0.25, 0.3) is 0 Å². The Bertz CT molecular complexity index is 473. The maximum atomic E-state index is 5.61. The van der Waals surface area contributed by atoms with E-state index < -0.39 is 0 Å². The highest BCUT2D eigenvalue weighted by molar-refractivity contribution is 5.71. The quantitative estimate of drug-likeness (QED) is 0.745. The van der Waals surface area contributed by atoms with Crippen LogP contribution in [0.15, 0.2) is 16.7 Å². The van der Waals surface area contributed by atoms with E-state index >= 15 is 0 Å². The molecule has 72 valence electrons. The van der Waals surface area contributed by atoms with E-state index in [-0.39, 0.29) is 0 Å². The van der Waals surface area contributed by atoms with Crippen molar-refractivity contribution >= 4 is 16.9 Å². The highest BCUT2D eigenvalue weighted by atomic mass is 16.3. The molecule has 0 bridgehead atoms. The third-order valence-electron chi connectivity index (χ3n) is 2.74. The highest BCUT2D eigenvalue weighted by Crippen LogP contribution is 2.36. The maximum Gasteiger partial charge on any atom is 0.200 e. The molecule has 0 amide bonds. The molecule has 4 nitrogen and oxygen atoms in total. The molecule has 2 N–H and O–H groups in total. The second-order valence-electron chi connectivity index (χ2n) is 3.77. The second-order valence-corrected chi connectivity index (χ2v) is 3.77. The van der Waals surface area contributed by atoms with Crippen LogP contribution in [0.25, 0.3) is 11.2 Å². The van der Waals surface area contributed by atoms with Crippen LogP contribution in [0.5, 0.6) is 0 Å². The predicted octanol–water partition coefficient (Wildman–Crippen LogP) is 2.07. The van der Waals surface area contributed by atoms with Crippen LogP contribution in [0.1, 0.15) is 31.1 Å². The number of pyridine rings is 1. The molecule has 2 heterocycles. The molecule has 2 aromatic rings. The van der Waals surface area contributed by atoms with E-state index in [1.807, 2.05) is 0 Å². The van der Waals surface area contributed by atoms with Crippen LogP contribution in [-0.4, -0.2) is 9.97 Å². The largest absolute Gasteiger partial charge is 0.439 e. The zero-order valence-corrected chi connectivity index (χ0v) is 7.73. The molecule has 1 aliphatic carbocycles. The average Bonchev–Trinajstić information content (AvgIpc) is 2.43. The first-order chi connectivity index (χ1) is 6.83. The maximum absolute atomic E-state index is 5.61. The number of rotatable bonds is 1. The lowest BCUT2D eigenvalue weighted by Gasteiger charge is -2.21. The third-order valence-corrected chi connectivity index (χ3v) is 2.74. The summed E-state index contributed by atoms with van der Waals surface area (Å²) in [7, 11) is 0. The Labute approximate surface area is 81.1 Å². The molecule has 0 unspecified atom stereocenters. The van der Waals surface area contributed by atoms with Crippen molar-refractivity contribution < 1.29 is 4.42 Å². The van der Waals surface area contributed by atoms with Crippen LogP contribution in [-0.2, 0) is 0 Å². The van der Waals surface area contributed by atoms with Gasteiger partial charge in [0.1, 0.15) is 0 Å². The van der Waals surface area contributed by atoms with Gasteiger partial charge in [0.2, 0.25) is 0 Å². The van der Waals surface area contributed by atoms with Crippen molar-refractivity contribution in [2.45, 2.75) is 25.2 Å². The number of nitrogen functional groups attached to an aromatic ring is 1. The number of nitrogens with two attached hydrogens (primary N) is 1. The van der Waals surface area contributed by atoms with Crippen LogP contribution in [0.4, 0.5) is 5.69 Å². The Balaban J connectivity index is 2.10. The summed E-state index contributed by atoms with van der Waals surface area (Å²) in [5.74, 6) is 1.33. The average molecular weight is 189 g/mol. The normalized spacial score (nSPS) is 17.1. The Morgan fingerprint density at radius 2 is 2.29 bits per heavy atom. The monoisotopic (exact) mass is 189 g/mol. The number of hydrogen-bond donors (Lipinski definition) is 1. The minimum atomic E-state index is 0.505. The van der Waals surface area contributed by atoms with Crippen molar-refractivity contribution in [3.05, 3.63) is 18.2 Å². The molecule has 0 spiro atoms. The van der Waals surface area contributed by atoms with Gasteiger partial charge < -0.3 is 10.2 Å². The van der Waals surface area contributed by atoms with Crippen molar-refractivity contribution in [3.8, 4) is 0 Å². The molecule has 0 atom stereocenters. The van der Waals surface area contributed by atoms with Crippen molar-refractivity contribution in [3.63, 3.8) is 0 Å². The minimum Gasteiger partial charge on any atom is -0.439 e. The van der Waals surface area contributed by atoms with E-state index in [4.69, 9.17) is 10.2 Å². The molecular weight excluding hydrogens is 178 g/mol. The van der Waals surface area contributed by atoms with E-state index in [1.165, 1.54) is 19.3 Å². The second kappa shape index (κ2) is 2.70. The lowest BCUT2D eigenvalue weighted by molar-refractivity contribution is 0.344. The fourth-order valence-corrected chi connectivity index (χ4v) is 1.68. The van der Waals surface area contributed by atoms with Gasteiger partial charge in [-0.05, 0) is 12.8 Å². The number of fused-ring (bicyclic) bond motifs is 1. The number of anilines is 1. The van der Waals surface area contributed by atoms with Crippen LogP contribution >= 0.6 is 0 Å². The summed E-state index contributed by atoms with van der Waals surface area (Å²) in [6.07, 6.45) is 5.25. The smallest absolute Gasteiger partial charge is 0.200 e. The number of nitrogens with zero attached hydrogens (tertiary/aromatic N) is 2. The van der Waals surface area contributed by atoms with Gasteiger partial charge in [-0.25, -0.2) is 4.98 Å². The van der Waals surface area contributed by atoms with Gasteiger partial charge >= 0.3 is 0 Å². The molecule has 14 heavy (non-hydrogen) atoms. The zero-order valence-electron chi connectivity index (χ0n) is 7.73. The Morgan fingerprint density at radius 1 is 1.43 bits per heavy atom. The standard InChI is InChI=1S/C10H11N3O/c11-7-4-8-9(12-5-7)13-10(14-8)6-2-1-3-6/h4-6H,1-3,11H2. The van der Waals surface area contributed by atoms with Crippen molar-refractivity contribution in [1.82, 2.24) is 9.97 Å². The van der Waals surface area contributed by atoms with E-state index in [0.29, 0.717) is 22.8 Å². The first kappa shape index (κ1) is 7.79. The Morgan fingerprint density at radius 3 is 3.00 bits per heavy atom. The number of oxazole rings is 1. The van der Waals surface area contributed by atoms with Gasteiger partial charge in [-0.15, -0.1) is 0 Å². The summed E-state index contributed by atoms with van der Waals surface area (Å²) in [5, 5.41) is 0. The van der Waals surface area contributed by atoms with Crippen LogP contribution in [0, 0.1) is 0 Å². The lowest BCUT2D eigenvalue weighted by atomic mass is 9.85. The first-order valence-electron chi connectivity index (χ1n) is 4.85. The van der Waals surface area contributed by atoms with E-state index in [1.54, 1.807) is 12.3 Å². The van der Waals surface area contributed by atoms with Crippen LogP contribution in [0.2, 0.25) is 0 Å². The molecule has 1 fully saturated rings. The molecular formula is C10H11N3O. The summed E-state index contributed by atoms with van der Waals surface area (Å²) >= 11 is 0. The van der Waals surface area contributed by atoms with Gasteiger partial charge in [0.05, 0.1) is 11.9 Å². The molecule has 0 radical (unpaired) electrons. The van der Waals surface area contributed by atoms with Gasteiger partial charge in [0.15, 0.2) is 17.1 Å². The van der Waals surface area contributed by atoms with E-state index in [9.17, 15) is 0 Å². The van der Waals surface area contributed by atoms with Crippen LogP contribution in [0.3, 0.4) is 0 Å². The predicted molar refractivity (Wildman–Crippen MR) is 52.8 cm³/mol. The molecule has 0 aliphatic heterocycles. The fourth-order valence-electron chi connectivity index (χ4n) is 1.68. The van der Waals surface area contributed by atoms with Gasteiger partial charge in [-0.2, -0.15) is 4.98 Å². The van der Waals surface area contributed by atoms with E-state index in [2.05, 4.69) is 9.97 Å². The molecule has 1 aliphatic rings. The summed E-state index contributed by atoms with van der Waals surface area (Å²) in [6, 6.07) is 1.78. The zero-order chi connectivity index (χ0) is 9.54. The summed E-state index contributed by atoms with van der Waals surface area (Å²) in [5.41, 5.74) is 7.59. The fraction of sp³-hybridized carbons (Fsp3) is 0.400. The molecule has 4 heteroatoms. The third kappa shape index (κ3) is 1.07. The molecule has 0 saturated heterocycles. The Hall–Kier alpha value is -1.58. The summed E-state index contributed by atoms with van der Waals surface area (Å²) in [4.78, 5) is 8.45. The molecule has 2 aromatic heterocycles. The number of aromatic nitrogens is 2. The molecule has 0 aromatic carbocycles. The molecule has 1 saturated carbocycles. The lowest BCUT2D eigenvalue weighted by Crippen LogP contribution is -2.08. The minimum absolute atomic E-state index is 0.505. The highest BCUT2D eigenvalue weighted by Gasteiger charge is 2.24. The molecule has 3 rings (SSSR count). The van der Waals surface area contributed by atoms with Crippen LogP contribution < -0.4 is 5.73 Å². The van der Waals surface area contributed by atoms with E-state index in [0.717, 1.165) is 5.89 Å². The summed E-state index contributed by atoms with van der Waals surface area (Å²) in [6.45, 7) is 0. The topological polar surface area (TPSA) is 64.9 Å². The van der Waals surface area contributed by atoms with Crippen molar-refractivity contribution in [2.24, 2.45) is 0 Å². The first-order valence-corrected chi connectivity index (χ1v) is 4.85. The van der Waals surface area contributed by atoms with Gasteiger partial charge in [-0.1, -0.05) is 6.42 Å². The van der Waals surface area contributed by atoms with Crippen molar-refractivity contribution in [1.29, 1.82) is 0 Å². The van der Waals surface area contributed by atoms with Crippen molar-refractivity contribution in [2.75, 3.05) is 5.73 Å². The van der Waals surface area contributed by atoms with Gasteiger partial charge in [-0.3, -0.25) is 0 Å². The number of hydrogen-bond acceptors (Lipinski definition) is 4.